The molecule has 26 heavy (non-hydrogen) atoms. The van der Waals surface area contributed by atoms with Crippen LogP contribution in [0.15, 0.2) is 0 Å². The molecule has 11 heteroatoms. The maximum Gasteiger partial charge on any atom is 0.317 e. The first-order valence-electron chi connectivity index (χ1n) is 9.27. The Morgan fingerprint density at radius 2 is 1.04 bits per heavy atom. The Morgan fingerprint density at radius 3 is 1.31 bits per heavy atom. The van der Waals surface area contributed by atoms with Gasteiger partial charge >= 0.3 is 31.7 Å². The molecule has 0 amide bonds. The van der Waals surface area contributed by atoms with E-state index in [9.17, 15) is 4.79 Å². The van der Waals surface area contributed by atoms with Gasteiger partial charge in [0.05, 0.1) is 0 Å². The van der Waals surface area contributed by atoms with Gasteiger partial charge in [-0.15, -0.1) is 0 Å². The second kappa shape index (κ2) is 9.26. The number of rotatable bonds is 12. The van der Waals surface area contributed by atoms with Crippen LogP contribution >= 0.6 is 0 Å². The average Bonchev–Trinajstić information content (AvgIpc) is 2.16. The molecule has 0 aliphatic heterocycles. The van der Waals surface area contributed by atoms with Crippen LogP contribution in [0.25, 0.3) is 0 Å². The summed E-state index contributed by atoms with van der Waals surface area (Å²) in [4.78, 5) is 10.9. The van der Waals surface area contributed by atoms with Crippen molar-refractivity contribution in [2.24, 2.45) is 0 Å². The van der Waals surface area contributed by atoms with Gasteiger partial charge < -0.3 is 21.6 Å². The second-order valence-corrected chi connectivity index (χ2v) is 29.9. The lowest BCUT2D eigenvalue weighted by atomic mass is 10.3. The van der Waals surface area contributed by atoms with Crippen molar-refractivity contribution in [3.63, 3.8) is 0 Å². The summed E-state index contributed by atoms with van der Waals surface area (Å²) in [5, 5.41) is 8.99. The third-order valence-electron chi connectivity index (χ3n) is 3.05. The molecule has 0 aliphatic rings. The van der Waals surface area contributed by atoms with Gasteiger partial charge in [0.25, 0.3) is 0 Å². The molecular weight excluding hydrogens is 417 g/mol. The Hall–Kier alpha value is 0.394. The summed E-state index contributed by atoms with van der Waals surface area (Å²) in [6, 6.07) is 0.635. The minimum absolute atomic E-state index is 0.128. The highest BCUT2D eigenvalue weighted by Crippen LogP contribution is 2.29. The predicted molar refractivity (Wildman–Crippen MR) is 119 cm³/mol. The van der Waals surface area contributed by atoms with Crippen molar-refractivity contribution >= 4 is 48.3 Å². The topological polar surface area (TPSA) is 74.2 Å². The monoisotopic (exact) mass is 456 g/mol. The Bertz CT molecular complexity index is 440. The third kappa shape index (κ3) is 13.5. The van der Waals surface area contributed by atoms with Gasteiger partial charge in [-0.25, -0.2) is 0 Å². The molecule has 0 spiro atoms. The van der Waals surface area contributed by atoms with Crippen LogP contribution in [0.4, 0.5) is 0 Å². The maximum absolute atomic E-state index is 10.9. The van der Waals surface area contributed by atoms with E-state index in [2.05, 4.69) is 65.5 Å². The molecule has 0 aromatic heterocycles. The predicted octanol–water partition coefficient (Wildman–Crippen LogP) is 5.06. The summed E-state index contributed by atoms with van der Waals surface area (Å²) in [5.74, 6) is -0.786. The van der Waals surface area contributed by atoms with E-state index in [1.807, 2.05) is 6.55 Å². The van der Waals surface area contributed by atoms with Crippen LogP contribution < -0.4 is 0 Å². The molecular formula is C15H40O6Si5. The van der Waals surface area contributed by atoms with E-state index in [0.717, 1.165) is 0 Å². The molecule has 1 N–H and O–H groups in total. The number of carbonyl (C=O) groups is 1. The highest BCUT2D eigenvalue weighted by atomic mass is 28.5. The van der Waals surface area contributed by atoms with Crippen LogP contribution in [0, 0.1) is 0 Å². The Labute approximate surface area is 165 Å². The fourth-order valence-corrected chi connectivity index (χ4v) is 26.6. The molecule has 0 aliphatic carbocycles. The van der Waals surface area contributed by atoms with Gasteiger partial charge in [0.2, 0.25) is 0 Å². The van der Waals surface area contributed by atoms with Gasteiger partial charge in [-0.05, 0) is 84.5 Å². The van der Waals surface area contributed by atoms with E-state index in [0.29, 0.717) is 12.5 Å². The molecule has 0 bridgehead atoms. The molecule has 6 nitrogen and oxygen atoms in total. The van der Waals surface area contributed by atoms with Crippen LogP contribution in [0.1, 0.15) is 12.8 Å². The smallest absolute Gasteiger partial charge is 0.317 e. The summed E-state index contributed by atoms with van der Waals surface area (Å²) in [7, 11) is -10.9. The largest absolute Gasteiger partial charge is 0.481 e. The lowest BCUT2D eigenvalue weighted by Crippen LogP contribution is -2.59. The molecule has 0 heterocycles. The van der Waals surface area contributed by atoms with Gasteiger partial charge in [0.15, 0.2) is 16.6 Å². The molecule has 0 saturated heterocycles. The Balaban J connectivity index is 5.37. The fourth-order valence-electron chi connectivity index (χ4n) is 3.24. The molecule has 0 rings (SSSR count). The van der Waals surface area contributed by atoms with Crippen molar-refractivity contribution in [3.8, 4) is 0 Å². The van der Waals surface area contributed by atoms with Gasteiger partial charge in [-0.3, -0.25) is 4.79 Å². The van der Waals surface area contributed by atoms with Crippen molar-refractivity contribution in [2.75, 3.05) is 0 Å². The highest BCUT2D eigenvalue weighted by molar-refractivity contribution is 6.90. The molecule has 156 valence electrons. The standard InChI is InChI=1S/C15H40O6Si5/c1-22(2,3)18-24(7,8)20-26(11,14-12-13-15(16)17)21-25(9,10)19-23(4,5)6/h12-14H2,1-11H3,(H,16,17). The molecule has 0 aromatic carbocycles. The fraction of sp³-hybridized carbons (Fsp3) is 0.933. The number of carboxylic acids is 1. The first-order valence-corrected chi connectivity index (χ1v) is 24.2. The summed E-state index contributed by atoms with van der Waals surface area (Å²) >= 11 is 0. The van der Waals surface area contributed by atoms with Crippen LogP contribution in [0.3, 0.4) is 0 Å². The van der Waals surface area contributed by atoms with Crippen molar-refractivity contribution in [3.05, 3.63) is 0 Å². The number of aliphatic carboxylic acids is 1. The van der Waals surface area contributed by atoms with Gasteiger partial charge in [0, 0.05) is 6.42 Å². The first-order chi connectivity index (χ1) is 11.2. The average molecular weight is 457 g/mol. The molecule has 0 radical (unpaired) electrons. The van der Waals surface area contributed by atoms with Crippen LogP contribution in [-0.4, -0.2) is 53.4 Å². The minimum atomic E-state index is -2.63. The molecule has 0 aromatic rings. The van der Waals surface area contributed by atoms with E-state index >= 15 is 0 Å². The summed E-state index contributed by atoms with van der Waals surface area (Å²) in [6.45, 7) is 23.2. The van der Waals surface area contributed by atoms with E-state index in [1.54, 1.807) is 0 Å². The summed E-state index contributed by atoms with van der Waals surface area (Å²) in [5.41, 5.74) is 0. The maximum atomic E-state index is 10.9. The molecule has 0 fully saturated rings. The number of hydrogen-bond donors (Lipinski definition) is 1. The Kier molecular flexibility index (Phi) is 9.40. The number of carboxylic acid groups (broad SMARTS) is 1. The van der Waals surface area contributed by atoms with Crippen molar-refractivity contribution < 1.29 is 26.4 Å². The molecule has 0 unspecified atom stereocenters. The van der Waals surface area contributed by atoms with Gasteiger partial charge in [0.1, 0.15) is 0 Å². The zero-order valence-corrected chi connectivity index (χ0v) is 23.6. The van der Waals surface area contributed by atoms with Crippen molar-refractivity contribution in [1.82, 2.24) is 0 Å². The van der Waals surface area contributed by atoms with Crippen molar-refractivity contribution in [1.29, 1.82) is 0 Å². The van der Waals surface area contributed by atoms with E-state index in [1.165, 1.54) is 0 Å². The first kappa shape index (κ1) is 26.4. The lowest BCUT2D eigenvalue weighted by Gasteiger charge is -2.43. The van der Waals surface area contributed by atoms with Crippen LogP contribution in [-0.2, 0) is 21.3 Å². The highest BCUT2D eigenvalue weighted by Gasteiger charge is 2.46. The normalized spacial score (nSPS) is 14.6. The lowest BCUT2D eigenvalue weighted by molar-refractivity contribution is -0.137. The van der Waals surface area contributed by atoms with Crippen molar-refractivity contribution in [2.45, 2.75) is 90.9 Å². The second-order valence-electron chi connectivity index (χ2n) is 9.81. The summed E-state index contributed by atoms with van der Waals surface area (Å²) < 4.78 is 25.8. The zero-order chi connectivity index (χ0) is 21.0. The quantitative estimate of drug-likeness (QED) is 0.413. The summed E-state index contributed by atoms with van der Waals surface area (Å²) in [6.07, 6.45) is 0.677. The van der Waals surface area contributed by atoms with E-state index < -0.39 is 48.3 Å². The Morgan fingerprint density at radius 1 is 0.692 bits per heavy atom. The molecule has 0 atom stereocenters. The van der Waals surface area contributed by atoms with E-state index in [4.69, 9.17) is 21.6 Å². The minimum Gasteiger partial charge on any atom is -0.481 e. The number of hydrogen-bond acceptors (Lipinski definition) is 5. The van der Waals surface area contributed by atoms with E-state index in [-0.39, 0.29) is 6.42 Å². The van der Waals surface area contributed by atoms with Gasteiger partial charge in [-0.2, -0.15) is 0 Å². The molecule has 0 saturated carbocycles. The van der Waals surface area contributed by atoms with Crippen LogP contribution in [0.2, 0.25) is 78.1 Å². The van der Waals surface area contributed by atoms with Crippen LogP contribution in [0.5, 0.6) is 0 Å². The van der Waals surface area contributed by atoms with Gasteiger partial charge in [-0.1, -0.05) is 0 Å². The third-order valence-corrected chi connectivity index (χ3v) is 20.5. The zero-order valence-electron chi connectivity index (χ0n) is 18.6. The SMILES string of the molecule is C[Si](C)(C)O[Si](C)(C)O[Si](C)(CCCC(=O)O)O[Si](C)(C)O[Si](C)(C)C.